The quantitative estimate of drug-likeness (QED) is 0.918. The maximum absolute atomic E-state index is 12.5. The van der Waals surface area contributed by atoms with Crippen LogP contribution in [0.1, 0.15) is 59.1 Å². The van der Waals surface area contributed by atoms with E-state index in [0.717, 1.165) is 29.8 Å². The van der Waals surface area contributed by atoms with Crippen molar-refractivity contribution in [2.45, 2.75) is 45.6 Å². The molecule has 24 heavy (non-hydrogen) atoms. The number of fused-ring (bicyclic) bond motifs is 1. The van der Waals surface area contributed by atoms with Crippen LogP contribution in [0.4, 0.5) is 0 Å². The Bertz CT molecular complexity index is 762. The maximum Gasteiger partial charge on any atom is 0.269 e. The van der Waals surface area contributed by atoms with Crippen molar-refractivity contribution in [3.8, 4) is 5.75 Å². The van der Waals surface area contributed by atoms with Gasteiger partial charge in [-0.25, -0.2) is 0 Å². The molecule has 0 fully saturated rings. The molecule has 0 bridgehead atoms. The van der Waals surface area contributed by atoms with Crippen LogP contribution in [-0.2, 0) is 26.4 Å². The summed E-state index contributed by atoms with van der Waals surface area (Å²) in [6.45, 7) is 4.59. The Kier molecular flexibility index (Phi) is 4.60. The molecule has 0 saturated carbocycles. The van der Waals surface area contributed by atoms with E-state index >= 15 is 0 Å². The summed E-state index contributed by atoms with van der Waals surface area (Å²) in [5.74, 6) is 1.04. The highest BCUT2D eigenvalue weighted by molar-refractivity contribution is 5.92. The molecule has 5 nitrogen and oxygen atoms in total. The van der Waals surface area contributed by atoms with Gasteiger partial charge in [0.1, 0.15) is 11.4 Å². The number of carbonyl (C=O) groups excluding carboxylic acids is 1. The molecule has 128 valence electrons. The van der Waals surface area contributed by atoms with Gasteiger partial charge in [0.05, 0.1) is 12.8 Å². The topological polar surface area (TPSA) is 56.1 Å². The number of carbonyl (C=O) groups is 1. The smallest absolute Gasteiger partial charge is 0.269 e. The van der Waals surface area contributed by atoms with Gasteiger partial charge in [0.15, 0.2) is 0 Å². The lowest BCUT2D eigenvalue weighted by Gasteiger charge is -2.12. The van der Waals surface area contributed by atoms with Crippen LogP contribution in [0.25, 0.3) is 0 Å². The number of benzene rings is 1. The number of nitrogens with zero attached hydrogens (tertiary/aromatic N) is 2. The van der Waals surface area contributed by atoms with Gasteiger partial charge in [-0.2, -0.15) is 5.10 Å². The number of ether oxygens (including phenoxy) is 1. The Labute approximate surface area is 143 Å². The number of rotatable bonds is 5. The van der Waals surface area contributed by atoms with Crippen LogP contribution < -0.4 is 10.1 Å². The van der Waals surface area contributed by atoms with E-state index in [-0.39, 0.29) is 5.91 Å². The standard InChI is InChI=1S/C19H25N3O2/c1-12(2)16-10-17(22(3)21-16)19(23)20-11-15-8-13-6-5-7-14(13)9-18(15)24-4/h8-10,12H,5-7,11H2,1-4H3,(H,20,23). The van der Waals surface area contributed by atoms with Gasteiger partial charge in [-0.3, -0.25) is 9.48 Å². The van der Waals surface area contributed by atoms with Gasteiger partial charge in [0.2, 0.25) is 0 Å². The van der Waals surface area contributed by atoms with E-state index in [1.165, 1.54) is 17.5 Å². The lowest BCUT2D eigenvalue weighted by Crippen LogP contribution is -2.25. The molecule has 3 rings (SSSR count). The number of nitrogens with one attached hydrogen (secondary N) is 1. The highest BCUT2D eigenvalue weighted by Crippen LogP contribution is 2.29. The molecule has 0 atom stereocenters. The fraction of sp³-hybridized carbons (Fsp3) is 0.474. The lowest BCUT2D eigenvalue weighted by atomic mass is 10.0. The normalized spacial score (nSPS) is 13.2. The zero-order valence-corrected chi connectivity index (χ0v) is 14.8. The van der Waals surface area contributed by atoms with Crippen molar-refractivity contribution in [3.63, 3.8) is 0 Å². The minimum absolute atomic E-state index is 0.112. The molecular weight excluding hydrogens is 302 g/mol. The first-order valence-corrected chi connectivity index (χ1v) is 8.50. The molecule has 0 spiro atoms. The highest BCUT2D eigenvalue weighted by Gasteiger charge is 2.18. The highest BCUT2D eigenvalue weighted by atomic mass is 16.5. The minimum atomic E-state index is -0.112. The summed E-state index contributed by atoms with van der Waals surface area (Å²) in [4.78, 5) is 12.5. The van der Waals surface area contributed by atoms with Crippen molar-refractivity contribution in [3.05, 3.63) is 46.3 Å². The molecule has 1 N–H and O–H groups in total. The van der Waals surface area contributed by atoms with Crippen molar-refractivity contribution in [1.82, 2.24) is 15.1 Å². The molecule has 1 aromatic heterocycles. The molecule has 5 heteroatoms. The predicted molar refractivity (Wildman–Crippen MR) is 93.5 cm³/mol. The summed E-state index contributed by atoms with van der Waals surface area (Å²) in [6, 6.07) is 6.15. The lowest BCUT2D eigenvalue weighted by molar-refractivity contribution is 0.0941. The summed E-state index contributed by atoms with van der Waals surface area (Å²) in [5, 5.41) is 7.39. The fourth-order valence-corrected chi connectivity index (χ4v) is 3.23. The molecule has 1 aliphatic carbocycles. The van der Waals surface area contributed by atoms with Crippen LogP contribution in [0.3, 0.4) is 0 Å². The van der Waals surface area contributed by atoms with Crippen LogP contribution >= 0.6 is 0 Å². The van der Waals surface area contributed by atoms with E-state index in [9.17, 15) is 4.79 Å². The van der Waals surface area contributed by atoms with Gasteiger partial charge < -0.3 is 10.1 Å². The van der Waals surface area contributed by atoms with Gasteiger partial charge in [-0.05, 0) is 48.4 Å². The van der Waals surface area contributed by atoms with Gasteiger partial charge in [-0.1, -0.05) is 19.9 Å². The average Bonchev–Trinajstić information content (AvgIpc) is 3.17. The Morgan fingerprint density at radius 2 is 2.00 bits per heavy atom. The van der Waals surface area contributed by atoms with Gasteiger partial charge >= 0.3 is 0 Å². The summed E-state index contributed by atoms with van der Waals surface area (Å²) < 4.78 is 7.14. The average molecular weight is 327 g/mol. The number of aromatic nitrogens is 2. The SMILES string of the molecule is COc1cc2c(cc1CNC(=O)c1cc(C(C)C)nn1C)CCC2. The predicted octanol–water partition coefficient (Wildman–Crippen LogP) is 2.97. The first kappa shape index (κ1) is 16.6. The zero-order valence-electron chi connectivity index (χ0n) is 14.8. The molecule has 0 unspecified atom stereocenters. The number of aryl methyl sites for hydroxylation is 3. The van der Waals surface area contributed by atoms with Crippen LogP contribution in [-0.4, -0.2) is 22.8 Å². The van der Waals surface area contributed by atoms with Gasteiger partial charge in [0, 0.05) is 19.2 Å². The van der Waals surface area contributed by atoms with E-state index in [4.69, 9.17) is 4.74 Å². The van der Waals surface area contributed by atoms with Gasteiger partial charge in [0.25, 0.3) is 5.91 Å². The third-order valence-electron chi connectivity index (χ3n) is 4.66. The third kappa shape index (κ3) is 3.16. The van der Waals surface area contributed by atoms with Crippen molar-refractivity contribution in [2.75, 3.05) is 7.11 Å². The molecule has 1 aliphatic rings. The second-order valence-corrected chi connectivity index (χ2v) is 6.70. The first-order chi connectivity index (χ1) is 11.5. The largest absolute Gasteiger partial charge is 0.496 e. The Morgan fingerprint density at radius 3 is 2.62 bits per heavy atom. The number of hydrogen-bond acceptors (Lipinski definition) is 3. The number of hydrogen-bond donors (Lipinski definition) is 1. The second-order valence-electron chi connectivity index (χ2n) is 6.70. The number of methoxy groups -OCH3 is 1. The summed E-state index contributed by atoms with van der Waals surface area (Å²) in [5.41, 5.74) is 5.28. The van der Waals surface area contributed by atoms with E-state index < -0.39 is 0 Å². The fourth-order valence-electron chi connectivity index (χ4n) is 3.23. The van der Waals surface area contributed by atoms with E-state index in [1.54, 1.807) is 18.8 Å². The van der Waals surface area contributed by atoms with Crippen molar-refractivity contribution in [2.24, 2.45) is 7.05 Å². The molecule has 1 aromatic carbocycles. The van der Waals surface area contributed by atoms with Crippen molar-refractivity contribution in [1.29, 1.82) is 0 Å². The monoisotopic (exact) mass is 327 g/mol. The molecule has 2 aromatic rings. The van der Waals surface area contributed by atoms with Crippen LogP contribution in [0, 0.1) is 0 Å². The maximum atomic E-state index is 12.5. The molecule has 0 saturated heterocycles. The molecule has 1 amide bonds. The van der Waals surface area contributed by atoms with Crippen LogP contribution in [0.2, 0.25) is 0 Å². The Morgan fingerprint density at radius 1 is 1.29 bits per heavy atom. The van der Waals surface area contributed by atoms with Crippen LogP contribution in [0.5, 0.6) is 5.75 Å². The molecular formula is C19H25N3O2. The van der Waals surface area contributed by atoms with Crippen molar-refractivity contribution >= 4 is 5.91 Å². The molecule has 0 aliphatic heterocycles. The minimum Gasteiger partial charge on any atom is -0.496 e. The first-order valence-electron chi connectivity index (χ1n) is 8.50. The Hall–Kier alpha value is -2.30. The number of amides is 1. The van der Waals surface area contributed by atoms with Crippen LogP contribution in [0.15, 0.2) is 18.2 Å². The van der Waals surface area contributed by atoms with Crippen molar-refractivity contribution < 1.29 is 9.53 Å². The molecule has 1 heterocycles. The van der Waals surface area contributed by atoms with E-state index in [2.05, 4.69) is 36.4 Å². The summed E-state index contributed by atoms with van der Waals surface area (Å²) >= 11 is 0. The van der Waals surface area contributed by atoms with E-state index in [1.807, 2.05) is 6.07 Å². The third-order valence-corrected chi connectivity index (χ3v) is 4.66. The zero-order chi connectivity index (χ0) is 17.3. The van der Waals surface area contributed by atoms with E-state index in [0.29, 0.717) is 18.2 Å². The summed E-state index contributed by atoms with van der Waals surface area (Å²) in [7, 11) is 3.48. The molecule has 0 radical (unpaired) electrons. The Balaban J connectivity index is 1.75. The van der Waals surface area contributed by atoms with Gasteiger partial charge in [-0.15, -0.1) is 0 Å². The summed E-state index contributed by atoms with van der Waals surface area (Å²) in [6.07, 6.45) is 3.42. The second kappa shape index (κ2) is 6.67.